The highest BCUT2D eigenvalue weighted by atomic mass is 32.2. The quantitative estimate of drug-likeness (QED) is 0.349. The van der Waals surface area contributed by atoms with Crippen molar-refractivity contribution >= 4 is 27.9 Å². The van der Waals surface area contributed by atoms with Crippen LogP contribution in [0.1, 0.15) is 55.7 Å². The molecular formula is C26H29F3N2O7S. The lowest BCUT2D eigenvalue weighted by atomic mass is 9.85. The van der Waals surface area contributed by atoms with Gasteiger partial charge in [0, 0.05) is 12.0 Å². The Hall–Kier alpha value is -3.45. The van der Waals surface area contributed by atoms with Gasteiger partial charge in [0.05, 0.1) is 29.3 Å². The minimum absolute atomic E-state index is 0.184. The number of carbonyl (C=O) groups excluding carboxylic acids is 2. The van der Waals surface area contributed by atoms with E-state index >= 15 is 0 Å². The van der Waals surface area contributed by atoms with Gasteiger partial charge in [-0.3, -0.25) is 14.4 Å². The first kappa shape index (κ1) is 30.1. The van der Waals surface area contributed by atoms with Gasteiger partial charge in [0.2, 0.25) is 15.9 Å². The summed E-state index contributed by atoms with van der Waals surface area (Å²) < 4.78 is 71.3. The van der Waals surface area contributed by atoms with Crippen molar-refractivity contribution in [1.29, 1.82) is 0 Å². The van der Waals surface area contributed by atoms with Crippen LogP contribution in [0.3, 0.4) is 0 Å². The summed E-state index contributed by atoms with van der Waals surface area (Å²) in [6.07, 6.45) is -3.81. The number of amides is 1. The molecule has 13 heteroatoms. The molecule has 0 aliphatic heterocycles. The maximum atomic E-state index is 13.0. The van der Waals surface area contributed by atoms with Crippen LogP contribution < -0.4 is 10.0 Å². The molecule has 3 rings (SSSR count). The molecule has 0 unspecified atom stereocenters. The summed E-state index contributed by atoms with van der Waals surface area (Å²) in [5, 5.41) is 11.6. The summed E-state index contributed by atoms with van der Waals surface area (Å²) >= 11 is 0. The molecule has 0 spiro atoms. The number of nitrogens with one attached hydrogen (secondary N) is 2. The number of hydrogen-bond acceptors (Lipinski definition) is 6. The van der Waals surface area contributed by atoms with Crippen molar-refractivity contribution in [3.05, 3.63) is 65.7 Å². The molecular weight excluding hydrogens is 541 g/mol. The first-order valence-corrected chi connectivity index (χ1v) is 13.8. The Morgan fingerprint density at radius 1 is 0.949 bits per heavy atom. The number of hydrogen-bond donors (Lipinski definition) is 3. The number of halogens is 3. The van der Waals surface area contributed by atoms with Crippen LogP contribution in [0.5, 0.6) is 0 Å². The minimum Gasteiger partial charge on any atom is -0.481 e. The molecule has 0 radical (unpaired) electrons. The van der Waals surface area contributed by atoms with Crippen molar-refractivity contribution in [3.63, 3.8) is 0 Å². The molecule has 0 bridgehead atoms. The van der Waals surface area contributed by atoms with Gasteiger partial charge in [0.1, 0.15) is 6.61 Å². The van der Waals surface area contributed by atoms with E-state index in [1.54, 1.807) is 30.3 Å². The van der Waals surface area contributed by atoms with Gasteiger partial charge in [-0.2, -0.15) is 13.2 Å². The number of aliphatic carboxylic acids is 1. The van der Waals surface area contributed by atoms with E-state index in [0.717, 1.165) is 12.1 Å². The van der Waals surface area contributed by atoms with Gasteiger partial charge in [-0.05, 0) is 55.5 Å². The van der Waals surface area contributed by atoms with E-state index in [1.165, 1.54) is 0 Å². The van der Waals surface area contributed by atoms with E-state index < -0.39 is 51.7 Å². The van der Waals surface area contributed by atoms with E-state index in [4.69, 9.17) is 9.84 Å². The molecule has 2 aromatic rings. The van der Waals surface area contributed by atoms with Gasteiger partial charge in [0.15, 0.2) is 0 Å². The van der Waals surface area contributed by atoms with Crippen LogP contribution in [-0.4, -0.2) is 44.0 Å². The summed E-state index contributed by atoms with van der Waals surface area (Å²) in [5.41, 5.74) is -0.258. The van der Waals surface area contributed by atoms with Crippen LogP contribution in [0, 0.1) is 5.92 Å². The van der Waals surface area contributed by atoms with Gasteiger partial charge < -0.3 is 15.2 Å². The zero-order valence-corrected chi connectivity index (χ0v) is 21.6. The van der Waals surface area contributed by atoms with Crippen molar-refractivity contribution in [1.82, 2.24) is 10.0 Å². The predicted octanol–water partition coefficient (Wildman–Crippen LogP) is 3.81. The molecule has 1 atom stereocenters. The van der Waals surface area contributed by atoms with E-state index in [0.29, 0.717) is 43.4 Å². The average molecular weight is 571 g/mol. The van der Waals surface area contributed by atoms with Crippen LogP contribution in [0.4, 0.5) is 13.2 Å². The van der Waals surface area contributed by atoms with E-state index in [2.05, 4.69) is 10.0 Å². The molecule has 9 nitrogen and oxygen atoms in total. The number of sulfonamides is 1. The number of rotatable bonds is 11. The zero-order chi connectivity index (χ0) is 28.6. The van der Waals surface area contributed by atoms with E-state index in [-0.39, 0.29) is 30.3 Å². The smallest absolute Gasteiger partial charge is 0.416 e. The third-order valence-corrected chi connectivity index (χ3v) is 7.92. The Morgan fingerprint density at radius 3 is 2.13 bits per heavy atom. The van der Waals surface area contributed by atoms with Crippen molar-refractivity contribution in [3.8, 4) is 0 Å². The predicted molar refractivity (Wildman–Crippen MR) is 133 cm³/mol. The fourth-order valence-corrected chi connectivity index (χ4v) is 5.54. The van der Waals surface area contributed by atoms with Crippen LogP contribution in [-0.2, 0) is 35.3 Å². The third kappa shape index (κ3) is 9.06. The van der Waals surface area contributed by atoms with Crippen LogP contribution >= 0.6 is 0 Å². The molecule has 1 aliphatic rings. The fraction of sp³-hybridized carbons (Fsp3) is 0.423. The molecule has 0 aromatic heterocycles. The second-order valence-corrected chi connectivity index (χ2v) is 11.0. The number of benzene rings is 2. The standard InChI is InChI=1S/C26H29F3N2O7S/c27-26(28,29)19-8-12-21(13-9-19)39(36,37)31-20-10-6-18(7-11-20)25(35)30-22(17-4-2-1-3-5-17)16-38-24(34)15-14-23(32)33/h1-5,8-9,12-13,18,20,22,31H,6-7,10-11,14-16H2,(H,30,35)(H,32,33)/t18-,20-,22-/m1/s1. The summed E-state index contributed by atoms with van der Waals surface area (Å²) in [6, 6.07) is 10.9. The van der Waals surface area contributed by atoms with Crippen LogP contribution in [0.15, 0.2) is 59.5 Å². The lowest BCUT2D eigenvalue weighted by Gasteiger charge is -2.29. The topological polar surface area (TPSA) is 139 Å². The van der Waals surface area contributed by atoms with Crippen LogP contribution in [0.25, 0.3) is 0 Å². The minimum atomic E-state index is -4.57. The Morgan fingerprint density at radius 2 is 1.56 bits per heavy atom. The largest absolute Gasteiger partial charge is 0.481 e. The molecule has 1 saturated carbocycles. The lowest BCUT2D eigenvalue weighted by Crippen LogP contribution is -2.42. The Labute approximate surface area is 223 Å². The molecule has 3 N–H and O–H groups in total. The number of carboxylic acids is 1. The highest BCUT2D eigenvalue weighted by molar-refractivity contribution is 7.89. The number of carbonyl (C=O) groups is 3. The lowest BCUT2D eigenvalue weighted by molar-refractivity contribution is -0.148. The number of carboxylic acid groups (broad SMARTS) is 1. The number of ether oxygens (including phenoxy) is 1. The van der Waals surface area contributed by atoms with Gasteiger partial charge in [-0.1, -0.05) is 30.3 Å². The monoisotopic (exact) mass is 570 g/mol. The van der Waals surface area contributed by atoms with Crippen LogP contribution in [0.2, 0.25) is 0 Å². The first-order chi connectivity index (χ1) is 18.3. The van der Waals surface area contributed by atoms with Gasteiger partial charge in [-0.15, -0.1) is 0 Å². The molecule has 1 fully saturated rings. The molecule has 1 amide bonds. The SMILES string of the molecule is O=C(O)CCC(=O)OC[C@@H](NC(=O)[C@H]1CC[C@H](NS(=O)(=O)c2ccc(C(F)(F)F)cc2)CC1)c1ccccc1. The molecule has 0 heterocycles. The molecule has 0 saturated heterocycles. The Balaban J connectivity index is 1.55. The second-order valence-electron chi connectivity index (χ2n) is 9.24. The van der Waals surface area contributed by atoms with Crippen molar-refractivity contribution in [2.75, 3.05) is 6.61 Å². The van der Waals surface area contributed by atoms with Crippen molar-refractivity contribution in [2.45, 2.75) is 61.7 Å². The molecule has 2 aromatic carbocycles. The average Bonchev–Trinajstić information content (AvgIpc) is 2.90. The number of esters is 1. The van der Waals surface area contributed by atoms with Crippen molar-refractivity contribution in [2.24, 2.45) is 5.92 Å². The second kappa shape index (κ2) is 13.1. The van der Waals surface area contributed by atoms with E-state index in [1.807, 2.05) is 0 Å². The Bertz CT molecular complexity index is 1240. The van der Waals surface area contributed by atoms with Gasteiger partial charge in [0.25, 0.3) is 0 Å². The highest BCUT2D eigenvalue weighted by Crippen LogP contribution is 2.30. The summed E-state index contributed by atoms with van der Waals surface area (Å²) in [7, 11) is -4.04. The highest BCUT2D eigenvalue weighted by Gasteiger charge is 2.32. The number of alkyl halides is 3. The maximum Gasteiger partial charge on any atom is 0.416 e. The molecule has 212 valence electrons. The zero-order valence-electron chi connectivity index (χ0n) is 20.8. The Kier molecular flexibility index (Phi) is 10.1. The fourth-order valence-electron chi connectivity index (χ4n) is 4.24. The third-order valence-electron chi connectivity index (χ3n) is 6.38. The first-order valence-electron chi connectivity index (χ1n) is 12.3. The summed E-state index contributed by atoms with van der Waals surface area (Å²) in [6.45, 7) is -0.184. The maximum absolute atomic E-state index is 13.0. The molecule has 39 heavy (non-hydrogen) atoms. The summed E-state index contributed by atoms with van der Waals surface area (Å²) in [4.78, 5) is 35.3. The van der Waals surface area contributed by atoms with E-state index in [9.17, 15) is 36.0 Å². The molecule has 1 aliphatic carbocycles. The van der Waals surface area contributed by atoms with Gasteiger partial charge >= 0.3 is 18.1 Å². The summed E-state index contributed by atoms with van der Waals surface area (Å²) in [5.74, 6) is -2.55. The van der Waals surface area contributed by atoms with Crippen molar-refractivity contribution < 1.29 is 45.8 Å². The van der Waals surface area contributed by atoms with Gasteiger partial charge in [-0.25, -0.2) is 13.1 Å². The normalized spacial score (nSPS) is 18.6.